The van der Waals surface area contributed by atoms with Gasteiger partial charge >= 0.3 is 6.18 Å². The first kappa shape index (κ1) is 10.2. The van der Waals surface area contributed by atoms with Gasteiger partial charge < -0.3 is 0 Å². The molecule has 0 aliphatic heterocycles. The van der Waals surface area contributed by atoms with Crippen LogP contribution in [0.5, 0.6) is 0 Å². The third kappa shape index (κ3) is 2.88. The molecule has 0 nitrogen and oxygen atoms in total. The third-order valence-corrected chi connectivity index (χ3v) is 0.958. The highest BCUT2D eigenvalue weighted by atomic mass is 35.5. The summed E-state index contributed by atoms with van der Waals surface area (Å²) in [6.07, 6.45) is -9.23. The fourth-order valence-corrected chi connectivity index (χ4v) is 0.433. The molecule has 0 spiro atoms. The van der Waals surface area contributed by atoms with Gasteiger partial charge in [-0.1, -0.05) is 23.2 Å². The summed E-state index contributed by atoms with van der Waals surface area (Å²) in [5, 5.41) is 0. The molecule has 0 heterocycles. The van der Waals surface area contributed by atoms with Crippen molar-refractivity contribution in [1.29, 1.82) is 0 Å². The standard InChI is InChI=1S/C3HCl2F5/c4-2(5,7)1(6)3(8,9)10/h1H/t1-/m1/s1. The van der Waals surface area contributed by atoms with Crippen molar-refractivity contribution in [2.24, 2.45) is 0 Å². The minimum absolute atomic E-state index is 3.87. The smallest absolute Gasteiger partial charge is 0.231 e. The van der Waals surface area contributed by atoms with E-state index in [4.69, 9.17) is 0 Å². The summed E-state index contributed by atoms with van der Waals surface area (Å²) in [5.41, 5.74) is 0. The van der Waals surface area contributed by atoms with Crippen LogP contribution in [0.4, 0.5) is 22.0 Å². The van der Waals surface area contributed by atoms with E-state index < -0.39 is 16.9 Å². The Morgan fingerprint density at radius 1 is 1.00 bits per heavy atom. The lowest BCUT2D eigenvalue weighted by molar-refractivity contribution is -0.193. The summed E-state index contributed by atoms with van der Waals surface area (Å²) in [6, 6.07) is 0. The summed E-state index contributed by atoms with van der Waals surface area (Å²) in [6.45, 7) is 0. The summed E-state index contributed by atoms with van der Waals surface area (Å²) in [5.74, 6) is 0. The Hall–Kier alpha value is 0.230. The SMILES string of the molecule is F[C@@H](C(F)(F)F)C(F)(Cl)Cl. The molecule has 0 saturated heterocycles. The molecule has 0 aromatic rings. The Labute approximate surface area is 62.9 Å². The second kappa shape index (κ2) is 2.70. The maximum atomic E-state index is 11.7. The molecule has 0 aromatic carbocycles. The Balaban J connectivity index is 4.23. The number of halogens is 7. The van der Waals surface area contributed by atoms with Crippen LogP contribution in [0.1, 0.15) is 0 Å². The Morgan fingerprint density at radius 2 is 1.30 bits per heavy atom. The monoisotopic (exact) mass is 202 g/mol. The quantitative estimate of drug-likeness (QED) is 0.453. The zero-order valence-electron chi connectivity index (χ0n) is 4.22. The molecular weight excluding hydrogens is 202 g/mol. The minimum Gasteiger partial charge on any atom is -0.231 e. The van der Waals surface area contributed by atoms with Gasteiger partial charge in [-0.3, -0.25) is 0 Å². The van der Waals surface area contributed by atoms with Crippen LogP contribution in [-0.2, 0) is 0 Å². The zero-order chi connectivity index (χ0) is 8.58. The molecule has 0 fully saturated rings. The van der Waals surface area contributed by atoms with Gasteiger partial charge in [0.25, 0.3) is 10.8 Å². The second-order valence-electron chi connectivity index (χ2n) is 1.45. The first-order valence-electron chi connectivity index (χ1n) is 1.93. The zero-order valence-corrected chi connectivity index (χ0v) is 5.73. The predicted molar refractivity (Wildman–Crippen MR) is 26.5 cm³/mol. The van der Waals surface area contributed by atoms with Gasteiger partial charge in [0.2, 0.25) is 0 Å². The van der Waals surface area contributed by atoms with Gasteiger partial charge in [0, 0.05) is 0 Å². The van der Waals surface area contributed by atoms with Gasteiger partial charge in [0.1, 0.15) is 0 Å². The summed E-state index contributed by atoms with van der Waals surface area (Å²) >= 11 is 8.34. The molecule has 0 N–H and O–H groups in total. The van der Waals surface area contributed by atoms with Gasteiger partial charge in [-0.25, -0.2) is 8.78 Å². The van der Waals surface area contributed by atoms with E-state index in [1.54, 1.807) is 0 Å². The third-order valence-electron chi connectivity index (χ3n) is 0.575. The largest absolute Gasteiger partial charge is 0.425 e. The fraction of sp³-hybridized carbons (Fsp3) is 1.00. The van der Waals surface area contributed by atoms with Gasteiger partial charge in [-0.2, -0.15) is 13.2 Å². The van der Waals surface area contributed by atoms with E-state index in [2.05, 4.69) is 23.2 Å². The fourth-order valence-electron chi connectivity index (χ4n) is 0.186. The highest BCUT2D eigenvalue weighted by Crippen LogP contribution is 2.38. The molecule has 0 unspecified atom stereocenters. The number of hydrogen-bond donors (Lipinski definition) is 0. The topological polar surface area (TPSA) is 0 Å². The molecule has 0 aliphatic rings. The molecule has 0 aromatic heterocycles. The first-order chi connectivity index (χ1) is 4.15. The lowest BCUT2D eigenvalue weighted by Crippen LogP contribution is -2.36. The van der Waals surface area contributed by atoms with Crippen molar-refractivity contribution < 1.29 is 22.0 Å². The lowest BCUT2D eigenvalue weighted by atomic mass is 10.4. The lowest BCUT2D eigenvalue weighted by Gasteiger charge is -2.17. The van der Waals surface area contributed by atoms with E-state index in [9.17, 15) is 22.0 Å². The molecule has 0 bridgehead atoms. The van der Waals surface area contributed by atoms with E-state index in [-0.39, 0.29) is 0 Å². The maximum Gasteiger partial charge on any atom is 0.425 e. The van der Waals surface area contributed by atoms with Crippen LogP contribution in [0, 0.1) is 0 Å². The average molecular weight is 203 g/mol. The second-order valence-corrected chi connectivity index (χ2v) is 2.74. The number of alkyl halides is 7. The Morgan fingerprint density at radius 3 is 1.30 bits per heavy atom. The average Bonchev–Trinajstić information content (AvgIpc) is 1.59. The van der Waals surface area contributed by atoms with Crippen molar-refractivity contribution in [3.05, 3.63) is 0 Å². The van der Waals surface area contributed by atoms with Crippen LogP contribution < -0.4 is 0 Å². The molecule has 0 aliphatic carbocycles. The van der Waals surface area contributed by atoms with Crippen molar-refractivity contribution >= 4 is 23.2 Å². The number of hydrogen-bond acceptors (Lipinski definition) is 0. The van der Waals surface area contributed by atoms with E-state index in [1.165, 1.54) is 0 Å². The van der Waals surface area contributed by atoms with E-state index >= 15 is 0 Å². The van der Waals surface area contributed by atoms with Crippen molar-refractivity contribution in [2.75, 3.05) is 0 Å². The highest BCUT2D eigenvalue weighted by molar-refractivity contribution is 6.47. The van der Waals surface area contributed by atoms with Gasteiger partial charge in [0.15, 0.2) is 0 Å². The Kier molecular flexibility index (Phi) is 2.76. The molecule has 10 heavy (non-hydrogen) atoms. The molecule has 7 heteroatoms. The van der Waals surface area contributed by atoms with E-state index in [0.29, 0.717) is 0 Å². The van der Waals surface area contributed by atoms with Crippen molar-refractivity contribution in [3.8, 4) is 0 Å². The van der Waals surface area contributed by atoms with Crippen LogP contribution in [0.2, 0.25) is 0 Å². The maximum absolute atomic E-state index is 11.7. The van der Waals surface area contributed by atoms with Crippen LogP contribution in [0.15, 0.2) is 0 Å². The summed E-state index contributed by atoms with van der Waals surface area (Å²) < 4.78 is 52.9. The summed E-state index contributed by atoms with van der Waals surface area (Å²) in [7, 11) is 0. The minimum atomic E-state index is -5.36. The molecule has 0 saturated carbocycles. The number of rotatable bonds is 1. The van der Waals surface area contributed by atoms with Crippen molar-refractivity contribution in [3.63, 3.8) is 0 Å². The normalized spacial score (nSPS) is 17.1. The molecule has 1 atom stereocenters. The molecule has 0 rings (SSSR count). The van der Waals surface area contributed by atoms with Gasteiger partial charge in [-0.15, -0.1) is 0 Å². The van der Waals surface area contributed by atoms with E-state index in [0.717, 1.165) is 0 Å². The highest BCUT2D eigenvalue weighted by Gasteiger charge is 2.54. The van der Waals surface area contributed by atoms with Crippen LogP contribution >= 0.6 is 23.2 Å². The van der Waals surface area contributed by atoms with Gasteiger partial charge in [-0.05, 0) is 0 Å². The molecular formula is C3HCl2F5. The van der Waals surface area contributed by atoms with Crippen LogP contribution in [0.25, 0.3) is 0 Å². The predicted octanol–water partition coefficient (Wildman–Crippen LogP) is 2.99. The van der Waals surface area contributed by atoms with E-state index in [1.807, 2.05) is 0 Å². The Bertz CT molecular complexity index is 99.0. The van der Waals surface area contributed by atoms with Gasteiger partial charge in [0.05, 0.1) is 0 Å². The van der Waals surface area contributed by atoms with Crippen molar-refractivity contribution in [2.45, 2.75) is 16.9 Å². The van der Waals surface area contributed by atoms with Crippen LogP contribution in [0.3, 0.4) is 0 Å². The molecule has 0 amide bonds. The van der Waals surface area contributed by atoms with Crippen LogP contribution in [-0.4, -0.2) is 16.9 Å². The molecule has 0 radical (unpaired) electrons. The molecule has 62 valence electrons. The first-order valence-corrected chi connectivity index (χ1v) is 2.69. The van der Waals surface area contributed by atoms with Crippen molar-refractivity contribution in [1.82, 2.24) is 0 Å². The summed E-state index contributed by atoms with van der Waals surface area (Å²) in [4.78, 5) is 0.